The molecule has 3 heteroatoms. The molecular weight excluding hydrogens is 280 g/mol. The highest BCUT2D eigenvalue weighted by atomic mass is 32.2. The highest BCUT2D eigenvalue weighted by molar-refractivity contribution is 7.90. The summed E-state index contributed by atoms with van der Waals surface area (Å²) in [6, 6.07) is 16.9. The Morgan fingerprint density at radius 3 is 2.33 bits per heavy atom. The van der Waals surface area contributed by atoms with Crippen LogP contribution < -0.4 is 0 Å². The molecule has 3 rings (SSSR count). The molecule has 21 heavy (non-hydrogen) atoms. The number of sulfone groups is 1. The van der Waals surface area contributed by atoms with E-state index in [2.05, 4.69) is 6.07 Å². The fourth-order valence-electron chi connectivity index (χ4n) is 3.10. The van der Waals surface area contributed by atoms with Gasteiger partial charge in [0, 0.05) is 0 Å². The normalized spacial score (nSPS) is 16.2. The lowest BCUT2D eigenvalue weighted by Crippen LogP contribution is -2.06. The van der Waals surface area contributed by atoms with Gasteiger partial charge in [0.05, 0.1) is 10.6 Å². The molecule has 0 heterocycles. The van der Waals surface area contributed by atoms with Gasteiger partial charge >= 0.3 is 0 Å². The summed E-state index contributed by atoms with van der Waals surface area (Å²) in [6.45, 7) is 0. The Hall–Kier alpha value is -1.61. The predicted molar refractivity (Wildman–Crippen MR) is 85.0 cm³/mol. The second-order valence-electron chi connectivity index (χ2n) is 5.80. The Balaban J connectivity index is 1.86. The van der Waals surface area contributed by atoms with Crippen molar-refractivity contribution < 1.29 is 8.42 Å². The van der Waals surface area contributed by atoms with Crippen LogP contribution in [-0.2, 0) is 15.6 Å². The summed E-state index contributed by atoms with van der Waals surface area (Å²) in [7, 11) is -3.27. The fourth-order valence-corrected chi connectivity index (χ4v) is 4.50. The molecule has 0 amide bonds. The van der Waals surface area contributed by atoms with Crippen LogP contribution >= 0.6 is 0 Å². The van der Waals surface area contributed by atoms with Crippen molar-refractivity contribution in [3.8, 4) is 0 Å². The smallest absolute Gasteiger partial charge is 0.182 e. The zero-order valence-corrected chi connectivity index (χ0v) is 12.9. The molecule has 110 valence electrons. The van der Waals surface area contributed by atoms with E-state index in [0.29, 0.717) is 10.8 Å². The van der Waals surface area contributed by atoms with Gasteiger partial charge in [-0.1, -0.05) is 55.3 Å². The summed E-state index contributed by atoms with van der Waals surface area (Å²) in [4.78, 5) is 0.454. The van der Waals surface area contributed by atoms with E-state index >= 15 is 0 Å². The van der Waals surface area contributed by atoms with Crippen molar-refractivity contribution in [1.82, 2.24) is 0 Å². The van der Waals surface area contributed by atoms with E-state index in [4.69, 9.17) is 0 Å². The third kappa shape index (κ3) is 3.35. The molecular formula is C18H20O2S. The molecule has 2 aromatic rings. The van der Waals surface area contributed by atoms with Crippen molar-refractivity contribution in [3.63, 3.8) is 0 Å². The topological polar surface area (TPSA) is 34.1 Å². The summed E-state index contributed by atoms with van der Waals surface area (Å²) in [5, 5.41) is 0. The molecule has 1 fully saturated rings. The van der Waals surface area contributed by atoms with Gasteiger partial charge in [-0.15, -0.1) is 0 Å². The van der Waals surface area contributed by atoms with Gasteiger partial charge in [0.25, 0.3) is 0 Å². The Bertz CT molecular complexity index is 699. The lowest BCUT2D eigenvalue weighted by atomic mass is 9.98. The van der Waals surface area contributed by atoms with E-state index in [1.807, 2.05) is 42.5 Å². The Morgan fingerprint density at radius 2 is 1.62 bits per heavy atom. The summed E-state index contributed by atoms with van der Waals surface area (Å²) in [6.07, 6.45) is 4.88. The molecule has 1 saturated carbocycles. The van der Waals surface area contributed by atoms with Crippen LogP contribution in [0.4, 0.5) is 0 Å². The van der Waals surface area contributed by atoms with Gasteiger partial charge < -0.3 is 0 Å². The Morgan fingerprint density at radius 1 is 0.905 bits per heavy atom. The molecule has 0 radical (unpaired) electrons. The van der Waals surface area contributed by atoms with Crippen molar-refractivity contribution >= 4 is 9.84 Å². The van der Waals surface area contributed by atoms with Gasteiger partial charge in [0.2, 0.25) is 0 Å². The maximum absolute atomic E-state index is 12.6. The van der Waals surface area contributed by atoms with Crippen LogP contribution in [0.15, 0.2) is 59.5 Å². The van der Waals surface area contributed by atoms with Crippen LogP contribution in [0, 0.1) is 0 Å². The first-order valence-electron chi connectivity index (χ1n) is 7.52. The molecule has 0 bridgehead atoms. The van der Waals surface area contributed by atoms with E-state index in [0.717, 1.165) is 5.56 Å². The molecule has 2 nitrogen and oxygen atoms in total. The van der Waals surface area contributed by atoms with Gasteiger partial charge in [0.1, 0.15) is 0 Å². The minimum Gasteiger partial charge on any atom is -0.223 e. The third-order valence-electron chi connectivity index (χ3n) is 4.24. The summed E-state index contributed by atoms with van der Waals surface area (Å²) in [5.74, 6) is 0.610. The second-order valence-corrected chi connectivity index (χ2v) is 7.79. The molecule has 0 spiro atoms. The average Bonchev–Trinajstić information content (AvgIpc) is 3.02. The first-order valence-corrected chi connectivity index (χ1v) is 9.17. The van der Waals surface area contributed by atoms with E-state index in [1.54, 1.807) is 6.07 Å². The number of hydrogen-bond acceptors (Lipinski definition) is 2. The van der Waals surface area contributed by atoms with Gasteiger partial charge in [-0.3, -0.25) is 0 Å². The monoisotopic (exact) mass is 300 g/mol. The highest BCUT2D eigenvalue weighted by Gasteiger charge is 2.20. The standard InChI is InChI=1S/C18H20O2S/c19-21(20,14-15-7-2-1-3-8-15)18-12-6-11-17(13-18)16-9-4-5-10-16/h1-3,6-8,11-13,16H,4-5,9-10,14H2. The maximum atomic E-state index is 12.6. The van der Waals surface area contributed by atoms with Crippen LogP contribution in [0.5, 0.6) is 0 Å². The van der Waals surface area contributed by atoms with E-state index in [1.165, 1.54) is 31.2 Å². The minimum absolute atomic E-state index is 0.0714. The quantitative estimate of drug-likeness (QED) is 0.842. The fraction of sp³-hybridized carbons (Fsp3) is 0.333. The maximum Gasteiger partial charge on any atom is 0.182 e. The van der Waals surface area contributed by atoms with Gasteiger partial charge in [-0.05, 0) is 42.0 Å². The Kier molecular flexibility index (Phi) is 4.11. The van der Waals surface area contributed by atoms with E-state index < -0.39 is 9.84 Å². The number of rotatable bonds is 4. The molecule has 2 aromatic carbocycles. The summed E-state index contributed by atoms with van der Waals surface area (Å²) >= 11 is 0. The largest absolute Gasteiger partial charge is 0.223 e. The molecule has 0 aliphatic heterocycles. The zero-order valence-electron chi connectivity index (χ0n) is 12.0. The van der Waals surface area contributed by atoms with E-state index in [9.17, 15) is 8.42 Å². The Labute approximate surface area is 126 Å². The van der Waals surface area contributed by atoms with Gasteiger partial charge in [-0.25, -0.2) is 8.42 Å². The predicted octanol–water partition coefficient (Wildman–Crippen LogP) is 4.32. The zero-order chi connectivity index (χ0) is 14.7. The molecule has 1 aliphatic rings. The summed E-state index contributed by atoms with van der Waals surface area (Å²) < 4.78 is 25.1. The van der Waals surface area contributed by atoms with Crippen molar-refractivity contribution in [1.29, 1.82) is 0 Å². The molecule has 0 aromatic heterocycles. The molecule has 0 atom stereocenters. The molecule has 1 aliphatic carbocycles. The van der Waals surface area contributed by atoms with Crippen LogP contribution in [-0.4, -0.2) is 8.42 Å². The lowest BCUT2D eigenvalue weighted by molar-refractivity contribution is 0.595. The van der Waals surface area contributed by atoms with Crippen LogP contribution in [0.2, 0.25) is 0 Å². The first-order chi connectivity index (χ1) is 10.1. The average molecular weight is 300 g/mol. The van der Waals surface area contributed by atoms with Crippen molar-refractivity contribution in [3.05, 3.63) is 65.7 Å². The van der Waals surface area contributed by atoms with Crippen LogP contribution in [0.25, 0.3) is 0 Å². The molecule has 0 N–H and O–H groups in total. The molecule has 0 unspecified atom stereocenters. The lowest BCUT2D eigenvalue weighted by Gasteiger charge is -2.11. The van der Waals surface area contributed by atoms with Gasteiger partial charge in [0.15, 0.2) is 9.84 Å². The number of benzene rings is 2. The van der Waals surface area contributed by atoms with Crippen molar-refractivity contribution in [2.75, 3.05) is 0 Å². The minimum atomic E-state index is -3.27. The van der Waals surface area contributed by atoms with Gasteiger partial charge in [-0.2, -0.15) is 0 Å². The summed E-state index contributed by atoms with van der Waals surface area (Å²) in [5.41, 5.74) is 2.02. The van der Waals surface area contributed by atoms with E-state index in [-0.39, 0.29) is 5.75 Å². The second kappa shape index (κ2) is 6.02. The van der Waals surface area contributed by atoms with Crippen molar-refractivity contribution in [2.24, 2.45) is 0 Å². The highest BCUT2D eigenvalue weighted by Crippen LogP contribution is 2.35. The third-order valence-corrected chi connectivity index (χ3v) is 5.93. The SMILES string of the molecule is O=S(=O)(Cc1ccccc1)c1cccc(C2CCCC2)c1. The van der Waals surface area contributed by atoms with Crippen LogP contribution in [0.3, 0.4) is 0 Å². The first kappa shape index (κ1) is 14.3. The van der Waals surface area contributed by atoms with Crippen molar-refractivity contribution in [2.45, 2.75) is 42.2 Å². The van der Waals surface area contributed by atoms with Crippen LogP contribution in [0.1, 0.15) is 42.7 Å². The molecule has 0 saturated heterocycles. The number of hydrogen-bond donors (Lipinski definition) is 0.